The second kappa shape index (κ2) is 4.29. The summed E-state index contributed by atoms with van der Waals surface area (Å²) < 4.78 is 0. The zero-order valence-electron chi connectivity index (χ0n) is 13.4. The van der Waals surface area contributed by atoms with E-state index in [4.69, 9.17) is 5.73 Å². The minimum Gasteiger partial charge on any atom is -0.390 e. The van der Waals surface area contributed by atoms with Crippen LogP contribution in [0.2, 0.25) is 0 Å². The molecule has 0 spiro atoms. The normalized spacial score (nSPS) is 53.8. The van der Waals surface area contributed by atoms with Crippen LogP contribution in [0.15, 0.2) is 0 Å². The van der Waals surface area contributed by atoms with Gasteiger partial charge in [0.05, 0.1) is 17.7 Å². The second-order valence-corrected chi connectivity index (χ2v) is 9.21. The largest absolute Gasteiger partial charge is 0.390 e. The van der Waals surface area contributed by atoms with Gasteiger partial charge in [-0.3, -0.25) is 4.79 Å². The van der Waals surface area contributed by atoms with Crippen molar-refractivity contribution in [2.24, 2.45) is 28.9 Å². The fourth-order valence-corrected chi connectivity index (χ4v) is 6.96. The van der Waals surface area contributed by atoms with E-state index in [-0.39, 0.29) is 23.4 Å². The zero-order valence-corrected chi connectivity index (χ0v) is 13.4. The Bertz CT molecular complexity index is 598. The lowest BCUT2D eigenvalue weighted by molar-refractivity contribution is -0.177. The summed E-state index contributed by atoms with van der Waals surface area (Å²) in [6, 6.07) is 1.72. The lowest BCUT2D eigenvalue weighted by atomic mass is 9.46. The van der Waals surface area contributed by atoms with Crippen LogP contribution in [0.1, 0.15) is 51.4 Å². The summed E-state index contributed by atoms with van der Waals surface area (Å²) in [5, 5.41) is 20.2. The van der Waals surface area contributed by atoms with Crippen LogP contribution < -0.4 is 5.73 Å². The molecule has 1 heterocycles. The zero-order chi connectivity index (χ0) is 16.0. The van der Waals surface area contributed by atoms with Gasteiger partial charge in [0.2, 0.25) is 5.91 Å². The summed E-state index contributed by atoms with van der Waals surface area (Å²) in [6.45, 7) is 0. The Morgan fingerprint density at radius 1 is 1.22 bits per heavy atom. The van der Waals surface area contributed by atoms with Gasteiger partial charge in [-0.05, 0) is 74.5 Å². The molecule has 4 bridgehead atoms. The predicted octanol–water partition coefficient (Wildman–Crippen LogP) is 1.16. The molecule has 0 aromatic heterocycles. The summed E-state index contributed by atoms with van der Waals surface area (Å²) >= 11 is 0. The summed E-state index contributed by atoms with van der Waals surface area (Å²) in [6.07, 6.45) is 7.48. The number of carbonyl (C=O) groups excluding carboxylic acids is 1. The Kier molecular flexibility index (Phi) is 2.65. The van der Waals surface area contributed by atoms with E-state index < -0.39 is 11.6 Å². The topological polar surface area (TPSA) is 90.4 Å². The second-order valence-electron chi connectivity index (χ2n) is 9.21. The van der Waals surface area contributed by atoms with E-state index >= 15 is 0 Å². The van der Waals surface area contributed by atoms with Crippen LogP contribution in [0.4, 0.5) is 0 Å². The average molecular weight is 315 g/mol. The van der Waals surface area contributed by atoms with Crippen LogP contribution in [0.3, 0.4) is 0 Å². The molecule has 0 aromatic rings. The molecule has 6 aliphatic rings. The Labute approximate surface area is 136 Å². The van der Waals surface area contributed by atoms with Crippen LogP contribution >= 0.6 is 0 Å². The van der Waals surface area contributed by atoms with E-state index in [0.29, 0.717) is 24.2 Å². The van der Waals surface area contributed by atoms with Crippen molar-refractivity contribution in [1.29, 1.82) is 5.26 Å². The maximum absolute atomic E-state index is 13.1. The first-order chi connectivity index (χ1) is 10.9. The molecule has 0 radical (unpaired) electrons. The van der Waals surface area contributed by atoms with E-state index in [0.717, 1.165) is 38.5 Å². The van der Waals surface area contributed by atoms with Gasteiger partial charge in [0, 0.05) is 6.04 Å². The number of likely N-dealkylation sites (tertiary alicyclic amines) is 1. The number of fused-ring (bicyclic) bond motifs is 1. The summed E-state index contributed by atoms with van der Waals surface area (Å²) in [5.74, 6) is 1.56. The van der Waals surface area contributed by atoms with Crippen molar-refractivity contribution in [3.05, 3.63) is 0 Å². The lowest BCUT2D eigenvalue weighted by Gasteiger charge is -2.61. The maximum atomic E-state index is 13.1. The number of nitrogens with two attached hydrogens (primary N) is 1. The molecule has 5 aliphatic carbocycles. The molecule has 23 heavy (non-hydrogen) atoms. The van der Waals surface area contributed by atoms with E-state index in [2.05, 4.69) is 6.07 Å². The van der Waals surface area contributed by atoms with Crippen molar-refractivity contribution in [3.63, 3.8) is 0 Å². The summed E-state index contributed by atoms with van der Waals surface area (Å²) in [4.78, 5) is 14.9. The molecule has 5 nitrogen and oxygen atoms in total. The van der Waals surface area contributed by atoms with Crippen molar-refractivity contribution < 1.29 is 9.90 Å². The van der Waals surface area contributed by atoms with Gasteiger partial charge in [-0.15, -0.1) is 0 Å². The number of rotatable bonds is 2. The summed E-state index contributed by atoms with van der Waals surface area (Å²) in [7, 11) is 0. The van der Waals surface area contributed by atoms with Crippen LogP contribution in [0, 0.1) is 34.5 Å². The highest BCUT2D eigenvalue weighted by atomic mass is 16.3. The van der Waals surface area contributed by atoms with Gasteiger partial charge < -0.3 is 15.7 Å². The SMILES string of the molecule is N#C[C@@H]1C[C@@H]2C[C@@H]2N1C(=O)[C@H](N)C12C[C@H]3C[C@@H](CC(O)(C3)C1)C2. The molecule has 0 aromatic carbocycles. The van der Waals surface area contributed by atoms with Gasteiger partial charge in [-0.25, -0.2) is 0 Å². The molecule has 6 atom stereocenters. The molecule has 1 saturated heterocycles. The first kappa shape index (κ1) is 14.2. The standard InChI is InChI=1S/C18H25N3O2/c19-8-13-2-12-3-14(12)21(13)16(22)15(20)17-4-10-1-11(5-17)7-18(23,6-10)9-17/h10-15,23H,1-7,9,20H2/t10-,11-,12-,13+,14+,15+,17?,18?/m1/s1. The molecule has 0 unspecified atom stereocenters. The number of aliphatic hydroxyl groups is 1. The third-order valence-corrected chi connectivity index (χ3v) is 7.51. The highest BCUT2D eigenvalue weighted by Gasteiger charge is 2.62. The summed E-state index contributed by atoms with van der Waals surface area (Å²) in [5.41, 5.74) is 5.71. The fourth-order valence-electron chi connectivity index (χ4n) is 6.96. The van der Waals surface area contributed by atoms with Crippen molar-refractivity contribution in [2.45, 2.75) is 75.1 Å². The Hall–Kier alpha value is -1.12. The van der Waals surface area contributed by atoms with E-state index in [9.17, 15) is 15.2 Å². The predicted molar refractivity (Wildman–Crippen MR) is 82.8 cm³/mol. The number of piperidine rings is 1. The van der Waals surface area contributed by atoms with Gasteiger partial charge in [-0.2, -0.15) is 5.26 Å². The lowest BCUT2D eigenvalue weighted by Crippen LogP contribution is -2.64. The van der Waals surface area contributed by atoms with Crippen LogP contribution in [0.5, 0.6) is 0 Å². The number of carbonyl (C=O) groups is 1. The van der Waals surface area contributed by atoms with E-state index in [1.54, 1.807) is 4.90 Å². The average Bonchev–Trinajstić information content (AvgIpc) is 3.14. The van der Waals surface area contributed by atoms with Gasteiger partial charge in [0.1, 0.15) is 6.04 Å². The molecular weight excluding hydrogens is 290 g/mol. The number of amides is 1. The molecule has 1 amide bonds. The highest BCUT2D eigenvalue weighted by Crippen LogP contribution is 2.63. The first-order valence-electron chi connectivity index (χ1n) is 9.13. The maximum Gasteiger partial charge on any atom is 0.241 e. The molecule has 124 valence electrons. The molecule has 3 N–H and O–H groups in total. The van der Waals surface area contributed by atoms with E-state index in [1.165, 1.54) is 6.42 Å². The Morgan fingerprint density at radius 2 is 1.91 bits per heavy atom. The van der Waals surface area contributed by atoms with Crippen molar-refractivity contribution in [1.82, 2.24) is 4.90 Å². The number of nitriles is 1. The number of hydrogen-bond donors (Lipinski definition) is 2. The fraction of sp³-hybridized carbons (Fsp3) is 0.889. The van der Waals surface area contributed by atoms with Crippen molar-refractivity contribution in [2.75, 3.05) is 0 Å². The molecular formula is C18H25N3O2. The number of nitrogens with zero attached hydrogens (tertiary/aromatic N) is 2. The first-order valence-corrected chi connectivity index (χ1v) is 9.13. The van der Waals surface area contributed by atoms with Gasteiger partial charge in [0.15, 0.2) is 0 Å². The Morgan fingerprint density at radius 3 is 2.52 bits per heavy atom. The van der Waals surface area contributed by atoms with Crippen LogP contribution in [-0.4, -0.2) is 39.6 Å². The third kappa shape index (κ3) is 1.88. The van der Waals surface area contributed by atoms with E-state index in [1.807, 2.05) is 0 Å². The smallest absolute Gasteiger partial charge is 0.241 e. The monoisotopic (exact) mass is 315 g/mol. The molecule has 6 rings (SSSR count). The van der Waals surface area contributed by atoms with Gasteiger partial charge >= 0.3 is 0 Å². The molecule has 6 fully saturated rings. The quantitative estimate of drug-likeness (QED) is 0.800. The Balaban J connectivity index is 1.43. The minimum absolute atomic E-state index is 0.0212. The minimum atomic E-state index is -0.594. The van der Waals surface area contributed by atoms with Gasteiger partial charge in [-0.1, -0.05) is 0 Å². The van der Waals surface area contributed by atoms with Crippen LogP contribution in [-0.2, 0) is 4.79 Å². The number of hydrogen-bond acceptors (Lipinski definition) is 4. The van der Waals surface area contributed by atoms with Crippen molar-refractivity contribution >= 4 is 5.91 Å². The van der Waals surface area contributed by atoms with Crippen LogP contribution in [0.25, 0.3) is 0 Å². The third-order valence-electron chi connectivity index (χ3n) is 7.51. The highest BCUT2D eigenvalue weighted by molar-refractivity contribution is 5.84. The molecule has 1 aliphatic heterocycles. The molecule has 5 saturated carbocycles. The van der Waals surface area contributed by atoms with Crippen molar-refractivity contribution in [3.8, 4) is 6.07 Å². The van der Waals surface area contributed by atoms with Gasteiger partial charge in [0.25, 0.3) is 0 Å². The molecule has 5 heteroatoms.